The summed E-state index contributed by atoms with van der Waals surface area (Å²) in [7, 11) is 0. The number of carboxylic acids is 1. The number of hydrogen-bond acceptors (Lipinski definition) is 5. The summed E-state index contributed by atoms with van der Waals surface area (Å²) in [5.41, 5.74) is -24.9. The molecule has 0 saturated carbocycles. The van der Waals surface area contributed by atoms with Gasteiger partial charge in [0.1, 0.15) is 17.2 Å². The molecule has 0 amide bonds. The van der Waals surface area contributed by atoms with Crippen molar-refractivity contribution in [3.63, 3.8) is 0 Å². The maximum atomic E-state index is 14.1. The van der Waals surface area contributed by atoms with Crippen molar-refractivity contribution >= 4 is 5.97 Å². The molecule has 0 N–H and O–H groups in total. The molecule has 368 valence electrons. The third kappa shape index (κ3) is 13.2. The van der Waals surface area contributed by atoms with Gasteiger partial charge < -0.3 is 24.1 Å². The zero-order valence-corrected chi connectivity index (χ0v) is 32.6. The molecular weight excluding hydrogens is 1010 g/mol. The summed E-state index contributed by atoms with van der Waals surface area (Å²) in [6.07, 6.45) is -46.9. The van der Waals surface area contributed by atoms with Gasteiger partial charge in [-0.15, -0.1) is 0 Å². The number of aromatic carboxylic acids is 1. The van der Waals surface area contributed by atoms with Crippen molar-refractivity contribution in [2.24, 2.45) is 0 Å². The number of alkyl halides is 24. The summed E-state index contributed by atoms with van der Waals surface area (Å²) in [5, 5.41) is 12.7. The van der Waals surface area contributed by atoms with Crippen LogP contribution in [0.3, 0.4) is 0 Å². The van der Waals surface area contributed by atoms with Crippen LogP contribution in [0.1, 0.15) is 54.9 Å². The van der Waals surface area contributed by atoms with E-state index in [1.165, 1.54) is 0 Å². The van der Waals surface area contributed by atoms with Crippen molar-refractivity contribution < 1.29 is 148 Å². The Morgan fingerprint density at radius 2 is 0.565 bits per heavy atom. The molecule has 0 heterocycles. The Kier molecular flexibility index (Phi) is 14.7. The summed E-state index contributed by atoms with van der Waals surface area (Å²) in [6.45, 7) is 0. The molecule has 5 nitrogen and oxygen atoms in total. The third-order valence-electron chi connectivity index (χ3n) is 8.65. The van der Waals surface area contributed by atoms with Crippen LogP contribution >= 0.6 is 0 Å². The summed E-state index contributed by atoms with van der Waals surface area (Å²) >= 11 is 0. The van der Waals surface area contributed by atoms with E-state index in [0.29, 0.717) is 0 Å². The first-order valence-corrected chi connectivity index (χ1v) is 17.2. The first-order valence-electron chi connectivity index (χ1n) is 17.2. The summed E-state index contributed by atoms with van der Waals surface area (Å²) < 4.78 is 350. The van der Waals surface area contributed by atoms with Gasteiger partial charge in [0.15, 0.2) is 11.5 Å². The molecule has 0 fully saturated rings. The normalized spacial score (nSPS) is 13.2. The van der Waals surface area contributed by atoms with Gasteiger partial charge in [0.25, 0.3) is 0 Å². The van der Waals surface area contributed by atoms with Crippen LogP contribution in [0.4, 0.5) is 105 Å². The van der Waals surface area contributed by atoms with Crippen molar-refractivity contribution in [1.29, 1.82) is 0 Å². The van der Waals surface area contributed by atoms with Gasteiger partial charge in [0.2, 0.25) is 5.75 Å². The average molecular weight is 1020 g/mol. The predicted octanol–water partition coefficient (Wildman–Crippen LogP) is 12.2. The number of hydrogen-bond donors (Lipinski definition) is 0. The van der Waals surface area contributed by atoms with Crippen LogP contribution in [0.15, 0.2) is 78.9 Å². The molecule has 0 aromatic heterocycles. The molecule has 0 unspecified atom stereocenters. The van der Waals surface area contributed by atoms with E-state index in [4.69, 9.17) is 14.2 Å². The Bertz CT molecular complexity index is 2610. The van der Waals surface area contributed by atoms with Gasteiger partial charge in [-0.25, -0.2) is 0 Å². The van der Waals surface area contributed by atoms with Crippen LogP contribution < -0.4 is 38.2 Å². The smallest absolute Gasteiger partial charge is 0.545 e. The molecule has 5 aromatic rings. The minimum atomic E-state index is -5.92. The molecule has 0 saturated heterocycles. The second kappa shape index (κ2) is 18.3. The van der Waals surface area contributed by atoms with Crippen LogP contribution in [0.2, 0.25) is 0 Å². The molecule has 5 rings (SSSR count). The van der Waals surface area contributed by atoms with E-state index in [1.54, 1.807) is 0 Å². The van der Waals surface area contributed by atoms with Gasteiger partial charge in [0, 0.05) is 11.1 Å². The van der Waals surface area contributed by atoms with Gasteiger partial charge in [-0.3, -0.25) is 0 Å². The number of carbonyl (C=O) groups is 1. The Morgan fingerprint density at radius 3 is 0.812 bits per heavy atom. The molecule has 5 aromatic carbocycles. The molecule has 0 aliphatic carbocycles. The molecule has 0 aliphatic heterocycles. The minimum absolute atomic E-state index is 0. The van der Waals surface area contributed by atoms with Gasteiger partial charge in [-0.1, -0.05) is 0 Å². The number of carbonyl (C=O) groups excluding carboxylic acids is 1. The molecule has 0 bridgehead atoms. The van der Waals surface area contributed by atoms with Gasteiger partial charge in [0.05, 0.1) is 50.5 Å². The predicted molar refractivity (Wildman–Crippen MR) is 176 cm³/mol. The molecule has 30 heteroatoms. The molecule has 0 spiro atoms. The van der Waals surface area contributed by atoms with E-state index in [2.05, 4.69) is 0 Å². The van der Waals surface area contributed by atoms with Crippen molar-refractivity contribution in [3.05, 3.63) is 129 Å². The SMILES string of the molecule is O=C([O-])c1cc(Oc2cc(C(F)(F)F)cc(C(F)(F)F)c2)c(Oc2cc(C(F)(F)F)cc(C(F)(F)F)c2)c(Oc2cc(C(F)(F)F)cc(C(F)(F)F)c2)c1-c1cc(C(F)(F)F)cc(C(F)(F)F)c1.[Li+]. The van der Waals surface area contributed by atoms with Crippen molar-refractivity contribution in [3.8, 4) is 45.6 Å². The largest absolute Gasteiger partial charge is 1.00 e. The quantitative estimate of drug-likeness (QED) is 0.114. The zero-order chi connectivity index (χ0) is 51.7. The maximum absolute atomic E-state index is 14.1. The number of rotatable bonds is 8. The average Bonchev–Trinajstić information content (AvgIpc) is 3.15. The van der Waals surface area contributed by atoms with E-state index in [-0.39, 0.29) is 37.1 Å². The standard InChI is InChI=1S/C39H14F24O5.Li/c40-32(41,42)15-1-14(2-16(3-15)33(43,44)45)28-26(31(64)65)13-27(66-23-7-17(34(46,47)48)4-18(8-23)35(49,50)51)29(67-24-9-19(36(52,53)54)5-20(10-24)37(55,56)57)30(28)68-25-11-21(38(58,59)60)6-22(12-25)39(61,62)63;/h1-13H,(H,64,65);/q;+1/p-1. The Labute approximate surface area is 378 Å². The second-order valence-corrected chi connectivity index (χ2v) is 13.6. The number of benzene rings is 5. The third-order valence-corrected chi connectivity index (χ3v) is 8.65. The van der Waals surface area contributed by atoms with Crippen molar-refractivity contribution in [2.45, 2.75) is 49.4 Å². The second-order valence-electron chi connectivity index (χ2n) is 13.6. The van der Waals surface area contributed by atoms with E-state index >= 15 is 0 Å². The van der Waals surface area contributed by atoms with Crippen molar-refractivity contribution in [1.82, 2.24) is 0 Å². The van der Waals surface area contributed by atoms with Crippen LogP contribution in [-0.4, -0.2) is 5.97 Å². The van der Waals surface area contributed by atoms with Crippen LogP contribution in [0, 0.1) is 0 Å². The fraction of sp³-hybridized carbons (Fsp3) is 0.205. The Balaban J connectivity index is 0.0000104. The molecule has 0 atom stereocenters. The van der Waals surface area contributed by atoms with E-state index < -0.39 is 212 Å². The topological polar surface area (TPSA) is 67.8 Å². The van der Waals surface area contributed by atoms with Crippen LogP contribution in [-0.2, 0) is 49.4 Å². The van der Waals surface area contributed by atoms with Gasteiger partial charge in [-0.05, 0) is 84.4 Å². The summed E-state index contributed by atoms with van der Waals surface area (Å²) in [6, 6.07) is -6.27. The first kappa shape index (κ1) is 55.5. The van der Waals surface area contributed by atoms with E-state index in [0.717, 1.165) is 0 Å². The number of halogens is 24. The maximum Gasteiger partial charge on any atom is 1.00 e. The molecule has 0 radical (unpaired) electrons. The molecular formula is C39H13F24LiO5. The Morgan fingerprint density at radius 1 is 0.333 bits per heavy atom. The van der Waals surface area contributed by atoms with Crippen molar-refractivity contribution in [2.75, 3.05) is 0 Å². The van der Waals surface area contributed by atoms with E-state index in [9.17, 15) is 115 Å². The molecule has 69 heavy (non-hydrogen) atoms. The van der Waals surface area contributed by atoms with Crippen LogP contribution in [0.5, 0.6) is 34.5 Å². The summed E-state index contributed by atoms with van der Waals surface area (Å²) in [5.74, 6) is -15.1. The summed E-state index contributed by atoms with van der Waals surface area (Å²) in [4.78, 5) is 12.7. The zero-order valence-electron chi connectivity index (χ0n) is 32.6. The van der Waals surface area contributed by atoms with Gasteiger partial charge >= 0.3 is 68.3 Å². The monoisotopic (exact) mass is 1020 g/mol. The minimum Gasteiger partial charge on any atom is -0.545 e. The number of ether oxygens (including phenoxy) is 3. The first-order chi connectivity index (χ1) is 30.5. The number of carboxylic acid groups (broad SMARTS) is 1. The fourth-order valence-corrected chi connectivity index (χ4v) is 5.75. The Hall–Kier alpha value is -6.11. The molecule has 0 aliphatic rings. The van der Waals surface area contributed by atoms with Crippen LogP contribution in [0.25, 0.3) is 11.1 Å². The van der Waals surface area contributed by atoms with E-state index in [1.807, 2.05) is 0 Å². The fourth-order valence-electron chi connectivity index (χ4n) is 5.75. The van der Waals surface area contributed by atoms with Gasteiger partial charge in [-0.2, -0.15) is 105 Å².